The second-order valence-electron chi connectivity index (χ2n) is 4.32. The topological polar surface area (TPSA) is 26.3 Å². The Kier molecular flexibility index (Phi) is 4.69. The molecule has 2 aromatic rings. The number of Topliss-reactive ketones (excluding diaryl/α,β-unsaturated/α-hetero) is 1. The highest BCUT2D eigenvalue weighted by Crippen LogP contribution is 2.36. The SMILES string of the molecule is CCC(=O)c1cccc(-c2cc(Cl)c(OC)cc2Cl)c1. The van der Waals surface area contributed by atoms with Crippen LogP contribution in [0.2, 0.25) is 10.0 Å². The number of ketones is 1. The molecule has 2 aromatic carbocycles. The van der Waals surface area contributed by atoms with Crippen molar-refractivity contribution in [3.05, 3.63) is 52.0 Å². The van der Waals surface area contributed by atoms with Crippen LogP contribution in [0.5, 0.6) is 5.75 Å². The molecule has 0 saturated carbocycles. The molecule has 0 aromatic heterocycles. The molecule has 0 fully saturated rings. The number of carbonyl (C=O) groups is 1. The van der Waals surface area contributed by atoms with Crippen molar-refractivity contribution in [1.82, 2.24) is 0 Å². The molecular formula is C16H14Cl2O2. The van der Waals surface area contributed by atoms with Gasteiger partial charge < -0.3 is 4.74 Å². The Hall–Kier alpha value is -1.51. The molecule has 0 spiro atoms. The summed E-state index contributed by atoms with van der Waals surface area (Å²) in [6.07, 6.45) is 0.473. The van der Waals surface area contributed by atoms with Gasteiger partial charge in [0.15, 0.2) is 5.78 Å². The molecule has 0 saturated heterocycles. The van der Waals surface area contributed by atoms with Crippen LogP contribution in [-0.2, 0) is 0 Å². The zero-order valence-electron chi connectivity index (χ0n) is 11.2. The second-order valence-corrected chi connectivity index (χ2v) is 5.14. The van der Waals surface area contributed by atoms with Gasteiger partial charge in [0.1, 0.15) is 5.75 Å². The third-order valence-electron chi connectivity index (χ3n) is 3.06. The molecule has 0 amide bonds. The summed E-state index contributed by atoms with van der Waals surface area (Å²) < 4.78 is 5.13. The van der Waals surface area contributed by atoms with Gasteiger partial charge in [-0.3, -0.25) is 4.79 Å². The first-order valence-corrected chi connectivity index (χ1v) is 6.99. The maximum atomic E-state index is 11.8. The van der Waals surface area contributed by atoms with Gasteiger partial charge in [-0.15, -0.1) is 0 Å². The Morgan fingerprint density at radius 1 is 1.15 bits per heavy atom. The van der Waals surface area contributed by atoms with E-state index in [9.17, 15) is 4.79 Å². The van der Waals surface area contributed by atoms with Crippen molar-refractivity contribution >= 4 is 29.0 Å². The first-order valence-electron chi connectivity index (χ1n) is 6.23. The molecule has 0 heterocycles. The van der Waals surface area contributed by atoms with E-state index < -0.39 is 0 Å². The van der Waals surface area contributed by atoms with E-state index in [1.165, 1.54) is 7.11 Å². The lowest BCUT2D eigenvalue weighted by Crippen LogP contribution is -1.96. The fourth-order valence-electron chi connectivity index (χ4n) is 1.97. The number of halogens is 2. The van der Waals surface area contributed by atoms with Crippen molar-refractivity contribution in [2.45, 2.75) is 13.3 Å². The van der Waals surface area contributed by atoms with E-state index in [4.69, 9.17) is 27.9 Å². The number of hydrogen-bond donors (Lipinski definition) is 0. The van der Waals surface area contributed by atoms with Gasteiger partial charge in [0.05, 0.1) is 17.2 Å². The van der Waals surface area contributed by atoms with Crippen LogP contribution < -0.4 is 4.74 Å². The smallest absolute Gasteiger partial charge is 0.162 e. The van der Waals surface area contributed by atoms with Crippen LogP contribution in [0.1, 0.15) is 23.7 Å². The Bertz CT molecular complexity index is 651. The fraction of sp³-hybridized carbons (Fsp3) is 0.188. The number of rotatable bonds is 4. The van der Waals surface area contributed by atoms with Crippen LogP contribution in [0.15, 0.2) is 36.4 Å². The van der Waals surface area contributed by atoms with Crippen molar-refractivity contribution in [3.63, 3.8) is 0 Å². The van der Waals surface area contributed by atoms with E-state index in [-0.39, 0.29) is 5.78 Å². The minimum atomic E-state index is 0.0996. The Balaban J connectivity index is 2.51. The van der Waals surface area contributed by atoms with Gasteiger partial charge in [0.25, 0.3) is 0 Å². The van der Waals surface area contributed by atoms with E-state index in [0.29, 0.717) is 27.8 Å². The molecule has 0 bridgehead atoms. The first-order chi connectivity index (χ1) is 9.56. The van der Waals surface area contributed by atoms with Gasteiger partial charge in [-0.2, -0.15) is 0 Å². The number of methoxy groups -OCH3 is 1. The van der Waals surface area contributed by atoms with Crippen LogP contribution in [0.3, 0.4) is 0 Å². The molecule has 0 aliphatic carbocycles. The molecule has 20 heavy (non-hydrogen) atoms. The fourth-order valence-corrected chi connectivity index (χ4v) is 2.47. The average molecular weight is 309 g/mol. The molecule has 0 atom stereocenters. The molecule has 4 heteroatoms. The lowest BCUT2D eigenvalue weighted by atomic mass is 10.0. The molecule has 0 N–H and O–H groups in total. The van der Waals surface area contributed by atoms with Crippen molar-refractivity contribution in [1.29, 1.82) is 0 Å². The lowest BCUT2D eigenvalue weighted by molar-refractivity contribution is 0.0988. The summed E-state index contributed by atoms with van der Waals surface area (Å²) in [5, 5.41) is 1.02. The van der Waals surface area contributed by atoms with Crippen LogP contribution in [0, 0.1) is 0 Å². The summed E-state index contributed by atoms with van der Waals surface area (Å²) in [6.45, 7) is 1.84. The molecule has 2 rings (SSSR count). The third kappa shape index (κ3) is 2.97. The quantitative estimate of drug-likeness (QED) is 0.720. The predicted octanol–water partition coefficient (Wildman–Crippen LogP) is 5.26. The minimum absolute atomic E-state index is 0.0996. The van der Waals surface area contributed by atoms with Gasteiger partial charge >= 0.3 is 0 Å². The van der Waals surface area contributed by atoms with Crippen molar-refractivity contribution in [2.75, 3.05) is 7.11 Å². The summed E-state index contributed by atoms with van der Waals surface area (Å²) in [5.74, 6) is 0.629. The van der Waals surface area contributed by atoms with E-state index in [1.54, 1.807) is 18.2 Å². The van der Waals surface area contributed by atoms with Gasteiger partial charge in [0, 0.05) is 23.6 Å². The Labute approximate surface area is 128 Å². The first kappa shape index (κ1) is 14.9. The zero-order valence-corrected chi connectivity index (χ0v) is 12.8. The Morgan fingerprint density at radius 2 is 1.90 bits per heavy atom. The van der Waals surface area contributed by atoms with Gasteiger partial charge in [-0.1, -0.05) is 48.3 Å². The predicted molar refractivity (Wildman–Crippen MR) is 83.1 cm³/mol. The highest BCUT2D eigenvalue weighted by molar-refractivity contribution is 6.36. The Morgan fingerprint density at radius 3 is 2.55 bits per heavy atom. The molecule has 0 unspecified atom stereocenters. The van der Waals surface area contributed by atoms with Crippen LogP contribution in [0.25, 0.3) is 11.1 Å². The van der Waals surface area contributed by atoms with Crippen molar-refractivity contribution < 1.29 is 9.53 Å². The summed E-state index contributed by atoms with van der Waals surface area (Å²) in [5.41, 5.74) is 2.31. The molecule has 0 radical (unpaired) electrons. The lowest BCUT2D eigenvalue weighted by Gasteiger charge is -2.10. The normalized spacial score (nSPS) is 10.4. The zero-order chi connectivity index (χ0) is 14.7. The van der Waals surface area contributed by atoms with Gasteiger partial charge in [0.2, 0.25) is 0 Å². The van der Waals surface area contributed by atoms with Crippen LogP contribution in [-0.4, -0.2) is 12.9 Å². The highest BCUT2D eigenvalue weighted by Gasteiger charge is 2.11. The monoisotopic (exact) mass is 308 g/mol. The summed E-state index contributed by atoms with van der Waals surface area (Å²) in [4.78, 5) is 11.8. The highest BCUT2D eigenvalue weighted by atomic mass is 35.5. The number of carbonyl (C=O) groups excluding carboxylic acids is 1. The van der Waals surface area contributed by atoms with E-state index >= 15 is 0 Å². The van der Waals surface area contributed by atoms with E-state index in [0.717, 1.165) is 11.1 Å². The van der Waals surface area contributed by atoms with Crippen LogP contribution in [0.4, 0.5) is 0 Å². The standard InChI is InChI=1S/C16H14Cl2O2/c1-3-15(19)11-6-4-5-10(7-11)12-8-14(18)16(20-2)9-13(12)17/h4-9H,3H2,1-2H3. The molecule has 2 nitrogen and oxygen atoms in total. The van der Waals surface area contributed by atoms with Crippen molar-refractivity contribution in [2.24, 2.45) is 0 Å². The molecule has 104 valence electrons. The average Bonchev–Trinajstić information content (AvgIpc) is 2.48. The van der Waals surface area contributed by atoms with Gasteiger partial charge in [-0.05, 0) is 17.7 Å². The summed E-state index contributed by atoms with van der Waals surface area (Å²) in [7, 11) is 1.54. The van der Waals surface area contributed by atoms with Crippen LogP contribution >= 0.6 is 23.2 Å². The van der Waals surface area contributed by atoms with E-state index in [1.807, 2.05) is 25.1 Å². The second kappa shape index (κ2) is 6.29. The maximum Gasteiger partial charge on any atom is 0.162 e. The van der Waals surface area contributed by atoms with Gasteiger partial charge in [-0.25, -0.2) is 0 Å². The minimum Gasteiger partial charge on any atom is -0.495 e. The largest absolute Gasteiger partial charge is 0.495 e. The molecular weight excluding hydrogens is 295 g/mol. The van der Waals surface area contributed by atoms with E-state index in [2.05, 4.69) is 0 Å². The maximum absolute atomic E-state index is 11.8. The molecule has 0 aliphatic heterocycles. The van der Waals surface area contributed by atoms with Crippen molar-refractivity contribution in [3.8, 4) is 16.9 Å². The molecule has 0 aliphatic rings. The number of hydrogen-bond acceptors (Lipinski definition) is 2. The number of benzene rings is 2. The number of ether oxygens (including phenoxy) is 1. The summed E-state index contributed by atoms with van der Waals surface area (Å²) >= 11 is 12.4. The summed E-state index contributed by atoms with van der Waals surface area (Å²) in [6, 6.07) is 10.8. The third-order valence-corrected chi connectivity index (χ3v) is 3.67.